The Morgan fingerprint density at radius 3 is 1.95 bits per heavy atom. The van der Waals surface area contributed by atoms with E-state index in [2.05, 4.69) is 30.5 Å². The molecule has 1 aromatic heterocycles. The van der Waals surface area contributed by atoms with Gasteiger partial charge in [0, 0.05) is 17.1 Å². The van der Waals surface area contributed by atoms with Crippen LogP contribution in [0, 0.1) is 0 Å². The van der Waals surface area contributed by atoms with Gasteiger partial charge in [-0.3, -0.25) is 13.7 Å². The number of hydrogen-bond acceptors (Lipinski definition) is 14. The van der Waals surface area contributed by atoms with Crippen LogP contribution in [0.1, 0.15) is 0 Å². The number of benzene rings is 3. The molecule has 0 saturated carbocycles. The molecule has 0 aliphatic heterocycles. The lowest BCUT2D eigenvalue weighted by Gasteiger charge is -2.12. The molecule has 0 bridgehead atoms. The number of aromatic nitrogens is 3. The predicted octanol–water partition coefficient (Wildman–Crippen LogP) is 3.52. The molecule has 216 valence electrons. The van der Waals surface area contributed by atoms with Crippen molar-refractivity contribution < 1.29 is 44.0 Å². The summed E-state index contributed by atoms with van der Waals surface area (Å²) in [6.45, 7) is 0. The highest BCUT2D eigenvalue weighted by Gasteiger charge is 2.25. The molecule has 22 heteroatoms. The molecule has 4 aromatic rings. The quantitative estimate of drug-likeness (QED) is 0.0934. The third-order valence-corrected chi connectivity index (χ3v) is 8.01. The molecule has 0 radical (unpaired) electrons. The van der Waals surface area contributed by atoms with Gasteiger partial charge in [0.2, 0.25) is 16.5 Å². The van der Waals surface area contributed by atoms with Crippen molar-refractivity contribution in [1.29, 1.82) is 0 Å². The molecule has 0 unspecified atom stereocenters. The van der Waals surface area contributed by atoms with Crippen LogP contribution in [0.5, 0.6) is 5.75 Å². The van der Waals surface area contributed by atoms with Gasteiger partial charge in [0.15, 0.2) is 0 Å². The maximum atomic E-state index is 12.1. The lowest BCUT2D eigenvalue weighted by atomic mass is 10.1. The van der Waals surface area contributed by atoms with Crippen LogP contribution in [0.2, 0.25) is 10.6 Å². The summed E-state index contributed by atoms with van der Waals surface area (Å²) in [6.07, 6.45) is 0. The minimum atomic E-state index is -5.16. The minimum absolute atomic E-state index is 0.0431. The first-order chi connectivity index (χ1) is 18.8. The van der Waals surface area contributed by atoms with E-state index < -0.39 is 67.9 Å². The number of anilines is 3. The molecule has 0 atom stereocenters. The van der Waals surface area contributed by atoms with Crippen molar-refractivity contribution in [3.05, 3.63) is 47.0 Å². The number of nitrogen functional groups attached to an aromatic ring is 1. The van der Waals surface area contributed by atoms with E-state index in [0.717, 1.165) is 24.3 Å². The zero-order valence-corrected chi connectivity index (χ0v) is 23.5. The van der Waals surface area contributed by atoms with Crippen molar-refractivity contribution in [2.45, 2.75) is 14.7 Å². The average Bonchev–Trinajstić information content (AvgIpc) is 2.80. The topological polar surface area (TPSA) is 285 Å². The monoisotopic (exact) mass is 665 g/mol. The third-order valence-electron chi connectivity index (χ3n) is 5.07. The molecule has 1 heterocycles. The van der Waals surface area contributed by atoms with Crippen molar-refractivity contribution in [3.63, 3.8) is 0 Å². The van der Waals surface area contributed by atoms with Gasteiger partial charge in [-0.15, -0.1) is 10.2 Å². The summed E-state index contributed by atoms with van der Waals surface area (Å²) in [5, 5.41) is 19.1. The molecular weight excluding hydrogens is 653 g/mol. The number of fused-ring (bicyclic) bond motifs is 1. The minimum Gasteiger partial charge on any atom is -0.507 e. The van der Waals surface area contributed by atoms with E-state index in [1.165, 1.54) is 0 Å². The first-order valence-electron chi connectivity index (χ1n) is 10.3. The molecule has 7 N–H and O–H groups in total. The zero-order chi connectivity index (χ0) is 30.5. The summed E-state index contributed by atoms with van der Waals surface area (Å²) in [6, 6.07) is 5.13. The fourth-order valence-electron chi connectivity index (χ4n) is 3.44. The van der Waals surface area contributed by atoms with E-state index in [0.29, 0.717) is 12.1 Å². The van der Waals surface area contributed by atoms with Crippen molar-refractivity contribution in [1.82, 2.24) is 15.0 Å². The first kappa shape index (κ1) is 30.2. The van der Waals surface area contributed by atoms with Gasteiger partial charge >= 0.3 is 0 Å². The van der Waals surface area contributed by atoms with E-state index >= 15 is 0 Å². The summed E-state index contributed by atoms with van der Waals surface area (Å²) in [5.74, 6) is -1.00. The number of phenolic OH excluding ortho intramolecular Hbond substituents is 1. The molecule has 3 aromatic carbocycles. The Balaban J connectivity index is 1.93. The van der Waals surface area contributed by atoms with Crippen LogP contribution < -0.4 is 11.1 Å². The second-order valence-electron chi connectivity index (χ2n) is 7.81. The number of nitrogens with one attached hydrogen (secondary N) is 1. The number of phenols is 1. The van der Waals surface area contributed by atoms with Gasteiger partial charge in [0.05, 0.1) is 10.6 Å². The maximum Gasteiger partial charge on any atom is 0.296 e. The van der Waals surface area contributed by atoms with Crippen molar-refractivity contribution >= 4 is 93.0 Å². The van der Waals surface area contributed by atoms with Crippen LogP contribution in [0.25, 0.3) is 10.8 Å². The van der Waals surface area contributed by atoms with Gasteiger partial charge in [0.25, 0.3) is 30.4 Å². The first-order valence-corrected chi connectivity index (χ1v) is 15.3. The normalized spacial score (nSPS) is 12.7. The predicted molar refractivity (Wildman–Crippen MR) is 143 cm³/mol. The fourth-order valence-corrected chi connectivity index (χ4v) is 5.62. The van der Waals surface area contributed by atoms with Crippen molar-refractivity contribution in [2.75, 3.05) is 11.1 Å². The maximum absolute atomic E-state index is 12.1. The van der Waals surface area contributed by atoms with Gasteiger partial charge in [-0.1, -0.05) is 0 Å². The summed E-state index contributed by atoms with van der Waals surface area (Å²) in [7, 11) is -15.0. The van der Waals surface area contributed by atoms with E-state index in [1.54, 1.807) is 0 Å². The summed E-state index contributed by atoms with van der Waals surface area (Å²) < 4.78 is 100.0. The van der Waals surface area contributed by atoms with Gasteiger partial charge in [-0.25, -0.2) is 0 Å². The number of halogens is 2. The molecule has 17 nitrogen and oxygen atoms in total. The average molecular weight is 666 g/mol. The Morgan fingerprint density at radius 2 is 1.39 bits per heavy atom. The lowest BCUT2D eigenvalue weighted by Crippen LogP contribution is -2.03. The number of azo groups is 1. The SMILES string of the molecule is Nc1c(N=Nc2cc(Nc3nc(Cl)nc(Cl)n3)ccc2S(=O)(=O)O)c(S(=O)(=O)O)cc2cc(S(=O)(=O)O)cc(O)c12. The van der Waals surface area contributed by atoms with Gasteiger partial charge < -0.3 is 16.2 Å². The largest absolute Gasteiger partial charge is 0.507 e. The van der Waals surface area contributed by atoms with Crippen molar-refractivity contribution in [2.24, 2.45) is 10.2 Å². The zero-order valence-electron chi connectivity index (χ0n) is 19.5. The molecule has 0 amide bonds. The Bertz CT molecular complexity index is 2090. The number of rotatable bonds is 7. The Morgan fingerprint density at radius 1 is 0.780 bits per heavy atom. The number of aromatic hydroxyl groups is 1. The number of hydrogen-bond donors (Lipinski definition) is 6. The molecule has 0 aliphatic carbocycles. The van der Waals surface area contributed by atoms with E-state index in [4.69, 9.17) is 28.9 Å². The molecule has 0 fully saturated rings. The Kier molecular flexibility index (Phi) is 7.79. The summed E-state index contributed by atoms with van der Waals surface area (Å²) >= 11 is 11.5. The third kappa shape index (κ3) is 6.60. The van der Waals surface area contributed by atoms with Crippen LogP contribution in [0.3, 0.4) is 0 Å². The van der Waals surface area contributed by atoms with Crippen LogP contribution >= 0.6 is 23.2 Å². The summed E-state index contributed by atoms with van der Waals surface area (Å²) in [5.41, 5.74) is 4.01. The molecule has 41 heavy (non-hydrogen) atoms. The highest BCUT2D eigenvalue weighted by atomic mass is 35.5. The molecule has 0 aliphatic rings. The van der Waals surface area contributed by atoms with Crippen LogP contribution in [-0.2, 0) is 30.4 Å². The van der Waals surface area contributed by atoms with E-state index in [1.807, 2.05) is 0 Å². The molecule has 0 saturated heterocycles. The van der Waals surface area contributed by atoms with Crippen LogP contribution in [-0.4, -0.2) is 59.0 Å². The highest BCUT2D eigenvalue weighted by Crippen LogP contribution is 2.43. The molecule has 4 rings (SSSR count). The molecular formula is C19H13Cl2N7O10S3. The standard InChI is InChI=1S/C19H13Cl2N7O10S3/c20-17-24-18(21)26-19(25-17)23-8-1-2-12(40(33,34)35)10(5-8)27-28-16-13(41(36,37)38)4-7-3-9(39(30,31)32)6-11(29)14(7)15(16)22/h1-6,29H,22H2,(H,30,31,32)(H,33,34,35)(H,36,37,38)(H,23,24,25,26). The van der Waals surface area contributed by atoms with E-state index in [9.17, 15) is 44.0 Å². The van der Waals surface area contributed by atoms with E-state index in [-0.39, 0.29) is 33.0 Å². The van der Waals surface area contributed by atoms with Crippen LogP contribution in [0.15, 0.2) is 61.3 Å². The van der Waals surface area contributed by atoms with Gasteiger partial charge in [0.1, 0.15) is 26.9 Å². The Hall–Kier alpha value is -3.76. The highest BCUT2D eigenvalue weighted by molar-refractivity contribution is 7.86. The number of nitrogens with two attached hydrogens (primary N) is 1. The lowest BCUT2D eigenvalue weighted by molar-refractivity contribution is 0.471. The van der Waals surface area contributed by atoms with Crippen molar-refractivity contribution in [3.8, 4) is 5.75 Å². The number of nitrogens with zero attached hydrogens (tertiary/aromatic N) is 5. The summed E-state index contributed by atoms with van der Waals surface area (Å²) in [4.78, 5) is 8.46. The van der Waals surface area contributed by atoms with Gasteiger partial charge in [-0.2, -0.15) is 40.2 Å². The van der Waals surface area contributed by atoms with Crippen LogP contribution in [0.4, 0.5) is 28.7 Å². The second-order valence-corrected chi connectivity index (χ2v) is 12.7. The smallest absolute Gasteiger partial charge is 0.296 e. The second kappa shape index (κ2) is 10.6. The molecule has 0 spiro atoms. The fraction of sp³-hybridized carbons (Fsp3) is 0. The Labute approximate surface area is 240 Å². The van der Waals surface area contributed by atoms with Gasteiger partial charge in [-0.05, 0) is 58.9 Å².